The predicted molar refractivity (Wildman–Crippen MR) is 51.5 cm³/mol. The van der Waals surface area contributed by atoms with Crippen molar-refractivity contribution in [2.45, 2.75) is 13.5 Å². The van der Waals surface area contributed by atoms with E-state index >= 15 is 0 Å². The van der Waals surface area contributed by atoms with Crippen molar-refractivity contribution in [3.05, 3.63) is 11.8 Å². The second kappa shape index (κ2) is 5.23. The number of carbonyl (C=O) groups excluding carboxylic acids is 1. The molecule has 6 heteroatoms. The zero-order chi connectivity index (χ0) is 11.3. The van der Waals surface area contributed by atoms with Gasteiger partial charge in [-0.2, -0.15) is 0 Å². The summed E-state index contributed by atoms with van der Waals surface area (Å²) in [7, 11) is 3.11. The Morgan fingerprint density at radius 1 is 1.67 bits per heavy atom. The van der Waals surface area contributed by atoms with Crippen molar-refractivity contribution >= 4 is 6.09 Å². The smallest absolute Gasteiger partial charge is 0.409 e. The maximum absolute atomic E-state index is 11.2. The van der Waals surface area contributed by atoms with Crippen LogP contribution in [0.25, 0.3) is 0 Å². The van der Waals surface area contributed by atoms with Crippen LogP contribution in [0.4, 0.5) is 4.79 Å². The van der Waals surface area contributed by atoms with Crippen molar-refractivity contribution in [1.29, 1.82) is 0 Å². The quantitative estimate of drug-likeness (QED) is 0.755. The topological polar surface area (TPSA) is 64.8 Å². The first-order chi connectivity index (χ1) is 7.17. The highest BCUT2D eigenvalue weighted by molar-refractivity contribution is 5.67. The van der Waals surface area contributed by atoms with Gasteiger partial charge in [0.2, 0.25) is 0 Å². The number of ether oxygens (including phenoxy) is 2. The Bertz CT molecular complexity index is 324. The summed E-state index contributed by atoms with van der Waals surface area (Å²) in [5, 5.41) is 3.62. The summed E-state index contributed by atoms with van der Waals surface area (Å²) < 4.78 is 14.6. The van der Waals surface area contributed by atoms with E-state index in [1.165, 1.54) is 12.0 Å². The molecule has 1 aromatic heterocycles. The summed E-state index contributed by atoms with van der Waals surface area (Å²) in [6.07, 6.45) is -0.395. The Balaban J connectivity index is 2.50. The summed E-state index contributed by atoms with van der Waals surface area (Å²) in [6, 6.07) is 1.62. The molecule has 0 fully saturated rings. The zero-order valence-electron chi connectivity index (χ0n) is 9.02. The van der Waals surface area contributed by atoms with Crippen molar-refractivity contribution in [3.8, 4) is 5.88 Å². The lowest BCUT2D eigenvalue weighted by atomic mass is 10.4. The maximum Gasteiger partial charge on any atom is 0.409 e. The third kappa shape index (κ3) is 3.16. The van der Waals surface area contributed by atoms with Gasteiger partial charge in [-0.1, -0.05) is 0 Å². The van der Waals surface area contributed by atoms with Crippen LogP contribution in [0.15, 0.2) is 10.6 Å². The molecule has 15 heavy (non-hydrogen) atoms. The van der Waals surface area contributed by atoms with Gasteiger partial charge in [0.1, 0.15) is 0 Å². The SMILES string of the molecule is CCOC(=O)N(C)Cc1cc(OC)no1. The molecule has 0 aromatic carbocycles. The Morgan fingerprint density at radius 3 is 2.93 bits per heavy atom. The van der Waals surface area contributed by atoms with E-state index in [1.807, 2.05) is 0 Å². The molecule has 0 atom stereocenters. The van der Waals surface area contributed by atoms with Crippen molar-refractivity contribution in [3.63, 3.8) is 0 Å². The normalized spacial score (nSPS) is 9.80. The van der Waals surface area contributed by atoms with Gasteiger partial charge in [-0.05, 0) is 12.1 Å². The fourth-order valence-corrected chi connectivity index (χ4v) is 0.997. The largest absolute Gasteiger partial charge is 0.479 e. The van der Waals surface area contributed by atoms with Gasteiger partial charge in [-0.25, -0.2) is 4.79 Å². The first-order valence-electron chi connectivity index (χ1n) is 4.54. The van der Waals surface area contributed by atoms with Crippen molar-refractivity contribution in [2.75, 3.05) is 20.8 Å². The van der Waals surface area contributed by atoms with E-state index in [2.05, 4.69) is 5.16 Å². The van der Waals surface area contributed by atoms with Crippen molar-refractivity contribution < 1.29 is 18.8 Å². The number of carbonyl (C=O) groups is 1. The van der Waals surface area contributed by atoms with Crippen LogP contribution in [0.5, 0.6) is 5.88 Å². The van der Waals surface area contributed by atoms with Gasteiger partial charge in [-0.3, -0.25) is 0 Å². The maximum atomic E-state index is 11.2. The molecular weight excluding hydrogens is 200 g/mol. The molecule has 1 heterocycles. The van der Waals surface area contributed by atoms with Gasteiger partial charge in [-0.15, -0.1) is 0 Å². The molecule has 6 nitrogen and oxygen atoms in total. The van der Waals surface area contributed by atoms with Crippen LogP contribution in [-0.4, -0.2) is 36.9 Å². The van der Waals surface area contributed by atoms with E-state index in [0.29, 0.717) is 24.8 Å². The molecule has 0 aliphatic heterocycles. The molecule has 1 amide bonds. The number of nitrogens with zero attached hydrogens (tertiary/aromatic N) is 2. The number of hydrogen-bond donors (Lipinski definition) is 0. The zero-order valence-corrected chi connectivity index (χ0v) is 9.02. The molecule has 0 radical (unpaired) electrons. The third-order valence-electron chi connectivity index (χ3n) is 1.72. The van der Waals surface area contributed by atoms with Crippen LogP contribution in [0.2, 0.25) is 0 Å². The molecule has 84 valence electrons. The fourth-order valence-electron chi connectivity index (χ4n) is 0.997. The molecule has 0 aliphatic rings. The van der Waals surface area contributed by atoms with E-state index in [-0.39, 0.29) is 0 Å². The molecule has 0 bridgehead atoms. The van der Waals surface area contributed by atoms with Gasteiger partial charge < -0.3 is 18.9 Å². The van der Waals surface area contributed by atoms with Crippen LogP contribution in [0.1, 0.15) is 12.7 Å². The van der Waals surface area contributed by atoms with Crippen molar-refractivity contribution in [1.82, 2.24) is 10.1 Å². The van der Waals surface area contributed by atoms with Crippen LogP contribution in [0.3, 0.4) is 0 Å². The number of aromatic nitrogens is 1. The van der Waals surface area contributed by atoms with Crippen LogP contribution in [-0.2, 0) is 11.3 Å². The highest BCUT2D eigenvalue weighted by atomic mass is 16.6. The minimum absolute atomic E-state index is 0.301. The minimum Gasteiger partial charge on any atom is -0.479 e. The monoisotopic (exact) mass is 214 g/mol. The Labute approximate surface area is 87.7 Å². The van der Waals surface area contributed by atoms with Gasteiger partial charge in [0.25, 0.3) is 5.88 Å². The lowest BCUT2D eigenvalue weighted by Gasteiger charge is -2.13. The molecule has 1 aromatic rings. The Hall–Kier alpha value is -1.72. The molecular formula is C9H14N2O4. The standard InChI is InChI=1S/C9H14N2O4/c1-4-14-9(12)11(2)6-7-5-8(13-3)10-15-7/h5H,4,6H2,1-3H3. The molecule has 0 N–H and O–H groups in total. The van der Waals surface area contributed by atoms with Gasteiger partial charge in [0.15, 0.2) is 5.76 Å². The van der Waals surface area contributed by atoms with Crippen LogP contribution < -0.4 is 4.74 Å². The highest BCUT2D eigenvalue weighted by Crippen LogP contribution is 2.12. The van der Waals surface area contributed by atoms with Crippen LogP contribution in [0, 0.1) is 0 Å². The van der Waals surface area contributed by atoms with E-state index in [9.17, 15) is 4.79 Å². The summed E-state index contributed by atoms with van der Waals surface area (Å²) in [4.78, 5) is 12.6. The van der Waals surface area contributed by atoms with E-state index < -0.39 is 6.09 Å². The molecule has 0 aliphatic carbocycles. The highest BCUT2D eigenvalue weighted by Gasteiger charge is 2.13. The molecule has 1 rings (SSSR count). The van der Waals surface area contributed by atoms with E-state index in [0.717, 1.165) is 0 Å². The average molecular weight is 214 g/mol. The minimum atomic E-state index is -0.395. The lowest BCUT2D eigenvalue weighted by molar-refractivity contribution is 0.111. The Kier molecular flexibility index (Phi) is 3.96. The first kappa shape index (κ1) is 11.4. The van der Waals surface area contributed by atoms with Crippen LogP contribution >= 0.6 is 0 Å². The second-order valence-corrected chi connectivity index (χ2v) is 2.89. The number of methoxy groups -OCH3 is 1. The third-order valence-corrected chi connectivity index (χ3v) is 1.72. The van der Waals surface area contributed by atoms with Gasteiger partial charge >= 0.3 is 6.09 Å². The summed E-state index contributed by atoms with van der Waals surface area (Å²) in [5.41, 5.74) is 0. The van der Waals surface area contributed by atoms with Gasteiger partial charge in [0, 0.05) is 13.1 Å². The van der Waals surface area contributed by atoms with E-state index in [4.69, 9.17) is 14.0 Å². The molecule has 0 saturated heterocycles. The Morgan fingerprint density at radius 2 is 2.40 bits per heavy atom. The lowest BCUT2D eigenvalue weighted by Crippen LogP contribution is -2.26. The van der Waals surface area contributed by atoms with Gasteiger partial charge in [0.05, 0.1) is 20.3 Å². The fraction of sp³-hybridized carbons (Fsp3) is 0.556. The number of rotatable bonds is 4. The van der Waals surface area contributed by atoms with E-state index in [1.54, 1.807) is 20.0 Å². The number of amides is 1. The molecule has 0 saturated carbocycles. The number of hydrogen-bond acceptors (Lipinski definition) is 5. The average Bonchev–Trinajstić information content (AvgIpc) is 2.66. The summed E-state index contributed by atoms with van der Waals surface area (Å²) >= 11 is 0. The first-order valence-corrected chi connectivity index (χ1v) is 4.54. The summed E-state index contributed by atoms with van der Waals surface area (Å²) in [6.45, 7) is 2.40. The molecule has 0 unspecified atom stereocenters. The van der Waals surface area contributed by atoms with Crippen molar-refractivity contribution in [2.24, 2.45) is 0 Å². The summed E-state index contributed by atoms with van der Waals surface area (Å²) in [5.74, 6) is 0.935. The molecule has 0 spiro atoms. The predicted octanol–water partition coefficient (Wildman–Crippen LogP) is 1.27. The second-order valence-electron chi connectivity index (χ2n) is 2.89.